The zero-order valence-electron chi connectivity index (χ0n) is 12.9. The summed E-state index contributed by atoms with van der Waals surface area (Å²) in [6.07, 6.45) is 0. The monoisotopic (exact) mass is 341 g/mol. The number of hydrogen-bond acceptors (Lipinski definition) is 6. The first kappa shape index (κ1) is 17.2. The van der Waals surface area contributed by atoms with E-state index in [1.807, 2.05) is 18.6 Å². The molecule has 1 amide bonds. The van der Waals surface area contributed by atoms with Crippen LogP contribution in [0.4, 0.5) is 5.69 Å². The third kappa shape index (κ3) is 4.20. The molecule has 0 atom stereocenters. The van der Waals surface area contributed by atoms with Gasteiger partial charge in [-0.25, -0.2) is 9.52 Å². The van der Waals surface area contributed by atoms with Crippen LogP contribution in [0.15, 0.2) is 18.2 Å². The minimum Gasteiger partial charge on any atom is -0.462 e. The van der Waals surface area contributed by atoms with Gasteiger partial charge in [-0.3, -0.25) is 4.79 Å². The fourth-order valence-electron chi connectivity index (χ4n) is 2.05. The van der Waals surface area contributed by atoms with Crippen molar-refractivity contribution in [1.82, 2.24) is 9.03 Å². The number of anilines is 1. The highest BCUT2D eigenvalue weighted by atomic mass is 32.2. The predicted octanol–water partition coefficient (Wildman–Crippen LogP) is 0.258. The number of nitrogen functional groups attached to an aromatic ring is 1. The van der Waals surface area contributed by atoms with Crippen LogP contribution in [-0.4, -0.2) is 37.8 Å². The van der Waals surface area contributed by atoms with Gasteiger partial charge in [-0.15, -0.1) is 0 Å². The van der Waals surface area contributed by atoms with E-state index in [1.54, 1.807) is 6.07 Å². The third-order valence-corrected chi connectivity index (χ3v) is 4.57. The van der Waals surface area contributed by atoms with Gasteiger partial charge in [0.25, 0.3) is 0 Å². The molecule has 0 spiro atoms. The van der Waals surface area contributed by atoms with Crippen LogP contribution in [0.5, 0.6) is 0 Å². The Morgan fingerprint density at radius 2 is 2.13 bits per heavy atom. The van der Waals surface area contributed by atoms with Crippen molar-refractivity contribution < 1.29 is 22.7 Å². The summed E-state index contributed by atoms with van der Waals surface area (Å²) in [6.45, 7) is 3.89. The molecular formula is C14H19N3O5S. The molecule has 0 radical (unpaired) electrons. The van der Waals surface area contributed by atoms with Gasteiger partial charge in [0.1, 0.15) is 0 Å². The van der Waals surface area contributed by atoms with Crippen LogP contribution >= 0.6 is 0 Å². The van der Waals surface area contributed by atoms with Gasteiger partial charge in [-0.1, -0.05) is 19.9 Å². The Morgan fingerprint density at radius 3 is 2.65 bits per heavy atom. The molecule has 9 heteroatoms. The van der Waals surface area contributed by atoms with E-state index in [2.05, 4.69) is 0 Å². The molecule has 0 unspecified atom stereocenters. The molecule has 0 saturated carbocycles. The molecule has 1 aliphatic rings. The van der Waals surface area contributed by atoms with Crippen molar-refractivity contribution in [3.63, 3.8) is 0 Å². The summed E-state index contributed by atoms with van der Waals surface area (Å²) in [5.74, 6) is -0.884. The number of benzene rings is 1. The number of hydrogen-bond donors (Lipinski definition) is 2. The highest BCUT2D eigenvalue weighted by Crippen LogP contribution is 2.19. The first-order valence-corrected chi connectivity index (χ1v) is 8.49. The SMILES string of the molecule is CC(C)COC(=O)c1ccc(CN2CC(=O)NS2(=O)=O)cc1N. The molecule has 0 aromatic heterocycles. The standard InChI is InChI=1S/C14H19N3O5S/c1-9(2)8-22-14(19)11-4-3-10(5-12(11)15)6-17-7-13(18)16-23(17,20)21/h3-5,9H,6-8,15H2,1-2H3,(H,16,18). The summed E-state index contributed by atoms with van der Waals surface area (Å²) >= 11 is 0. The van der Waals surface area contributed by atoms with E-state index < -0.39 is 22.1 Å². The summed E-state index contributed by atoms with van der Waals surface area (Å²) < 4.78 is 31.3. The van der Waals surface area contributed by atoms with Gasteiger partial charge in [0.2, 0.25) is 5.91 Å². The minimum absolute atomic E-state index is 0.00735. The number of nitrogens with zero attached hydrogens (tertiary/aromatic N) is 1. The molecule has 2 rings (SSSR count). The first-order valence-electron chi connectivity index (χ1n) is 7.05. The number of esters is 1. The van der Waals surface area contributed by atoms with Crippen molar-refractivity contribution in [2.75, 3.05) is 18.9 Å². The second-order valence-electron chi connectivity index (χ2n) is 5.71. The van der Waals surface area contributed by atoms with E-state index in [0.29, 0.717) is 12.2 Å². The third-order valence-electron chi connectivity index (χ3n) is 3.15. The van der Waals surface area contributed by atoms with Crippen molar-refractivity contribution >= 4 is 27.8 Å². The lowest BCUT2D eigenvalue weighted by atomic mass is 10.1. The molecule has 126 valence electrons. The summed E-state index contributed by atoms with van der Waals surface area (Å²) in [5, 5.41) is 0. The van der Waals surface area contributed by atoms with E-state index in [4.69, 9.17) is 10.5 Å². The maximum Gasteiger partial charge on any atom is 0.340 e. The maximum absolute atomic E-state index is 11.9. The average molecular weight is 341 g/mol. The van der Waals surface area contributed by atoms with Crippen LogP contribution < -0.4 is 10.5 Å². The highest BCUT2D eigenvalue weighted by Gasteiger charge is 2.33. The van der Waals surface area contributed by atoms with Crippen LogP contribution in [-0.2, 0) is 26.3 Å². The Bertz CT molecular complexity index is 730. The molecule has 23 heavy (non-hydrogen) atoms. The van der Waals surface area contributed by atoms with Gasteiger partial charge in [0.05, 0.1) is 18.7 Å². The summed E-state index contributed by atoms with van der Waals surface area (Å²) in [5.41, 5.74) is 6.85. The summed E-state index contributed by atoms with van der Waals surface area (Å²) in [7, 11) is -3.79. The number of ether oxygens (including phenoxy) is 1. The topological polar surface area (TPSA) is 119 Å². The largest absolute Gasteiger partial charge is 0.462 e. The lowest BCUT2D eigenvalue weighted by molar-refractivity contribution is -0.118. The number of nitrogens with two attached hydrogens (primary N) is 1. The zero-order valence-corrected chi connectivity index (χ0v) is 13.7. The lowest BCUT2D eigenvalue weighted by Crippen LogP contribution is -2.29. The van der Waals surface area contributed by atoms with E-state index in [-0.39, 0.29) is 30.3 Å². The Morgan fingerprint density at radius 1 is 1.43 bits per heavy atom. The lowest BCUT2D eigenvalue weighted by Gasteiger charge is -2.14. The zero-order chi connectivity index (χ0) is 17.2. The van der Waals surface area contributed by atoms with E-state index in [1.165, 1.54) is 12.1 Å². The fourth-order valence-corrected chi connectivity index (χ4v) is 3.13. The van der Waals surface area contributed by atoms with Crippen molar-refractivity contribution in [2.45, 2.75) is 20.4 Å². The van der Waals surface area contributed by atoms with Crippen molar-refractivity contribution in [2.24, 2.45) is 5.92 Å². The number of nitrogens with one attached hydrogen (secondary N) is 1. The Labute approximate surface area is 134 Å². The second-order valence-corrected chi connectivity index (χ2v) is 7.38. The van der Waals surface area contributed by atoms with Crippen molar-refractivity contribution in [3.8, 4) is 0 Å². The number of carbonyl (C=O) groups is 2. The minimum atomic E-state index is -3.79. The molecule has 8 nitrogen and oxygen atoms in total. The maximum atomic E-state index is 11.9. The summed E-state index contributed by atoms with van der Waals surface area (Å²) in [6, 6.07) is 4.58. The van der Waals surface area contributed by atoms with Crippen LogP contribution in [0.2, 0.25) is 0 Å². The summed E-state index contributed by atoms with van der Waals surface area (Å²) in [4.78, 5) is 23.1. The van der Waals surface area contributed by atoms with Gasteiger partial charge in [0, 0.05) is 12.2 Å². The molecule has 0 bridgehead atoms. The van der Waals surface area contributed by atoms with Crippen molar-refractivity contribution in [3.05, 3.63) is 29.3 Å². The first-order chi connectivity index (χ1) is 10.7. The second kappa shape index (κ2) is 6.55. The quantitative estimate of drug-likeness (QED) is 0.586. The Kier molecular flexibility index (Phi) is 4.90. The molecule has 1 heterocycles. The van der Waals surface area contributed by atoms with E-state index in [9.17, 15) is 18.0 Å². The van der Waals surface area contributed by atoms with Gasteiger partial charge in [-0.05, 0) is 23.6 Å². The number of carbonyl (C=O) groups excluding carboxylic acids is 2. The highest BCUT2D eigenvalue weighted by molar-refractivity contribution is 7.88. The molecule has 0 aliphatic carbocycles. The Balaban J connectivity index is 2.10. The van der Waals surface area contributed by atoms with Crippen LogP contribution in [0.1, 0.15) is 29.8 Å². The van der Waals surface area contributed by atoms with E-state index >= 15 is 0 Å². The molecule has 1 aliphatic heterocycles. The van der Waals surface area contributed by atoms with Gasteiger partial charge >= 0.3 is 16.2 Å². The van der Waals surface area contributed by atoms with Gasteiger partial charge in [-0.2, -0.15) is 12.7 Å². The molecule has 1 saturated heterocycles. The van der Waals surface area contributed by atoms with Crippen LogP contribution in [0, 0.1) is 5.92 Å². The fraction of sp³-hybridized carbons (Fsp3) is 0.429. The molecule has 3 N–H and O–H groups in total. The number of rotatable bonds is 5. The predicted molar refractivity (Wildman–Crippen MR) is 83.4 cm³/mol. The molecule has 1 aromatic carbocycles. The smallest absolute Gasteiger partial charge is 0.340 e. The normalized spacial score (nSPS) is 17.3. The molecular weight excluding hydrogens is 322 g/mol. The molecule has 1 fully saturated rings. The number of amides is 1. The van der Waals surface area contributed by atoms with Crippen molar-refractivity contribution in [1.29, 1.82) is 0 Å². The van der Waals surface area contributed by atoms with Crippen LogP contribution in [0.25, 0.3) is 0 Å². The van der Waals surface area contributed by atoms with E-state index in [0.717, 1.165) is 4.31 Å². The average Bonchev–Trinajstić information content (AvgIpc) is 2.68. The van der Waals surface area contributed by atoms with Gasteiger partial charge in [0.15, 0.2) is 0 Å². The molecule has 1 aromatic rings. The van der Waals surface area contributed by atoms with Crippen LogP contribution in [0.3, 0.4) is 0 Å². The Hall–Kier alpha value is -2.13. The van der Waals surface area contributed by atoms with Gasteiger partial charge < -0.3 is 10.5 Å².